The van der Waals surface area contributed by atoms with Crippen LogP contribution in [0.2, 0.25) is 0 Å². The number of ether oxygens (including phenoxy) is 5. The van der Waals surface area contributed by atoms with Crippen LogP contribution in [-0.2, 0) is 39.9 Å². The summed E-state index contributed by atoms with van der Waals surface area (Å²) in [6.45, 7) is 15.3. The van der Waals surface area contributed by atoms with Crippen molar-refractivity contribution in [3.05, 3.63) is 108 Å². The molecule has 1 amide bonds. The number of carbonyl (C=O) groups excluding carboxylic acids is 4. The Bertz CT molecular complexity index is 2040. The second kappa shape index (κ2) is 34.9. The molecule has 4 unspecified atom stereocenters. The molecular weight excluding hydrogens is 945 g/mol. The summed E-state index contributed by atoms with van der Waals surface area (Å²) in [6.07, 6.45) is 19.4. The Balaban J connectivity index is 0.826. The third kappa shape index (κ3) is 22.5. The Kier molecular flexibility index (Phi) is 27.7. The molecule has 0 N–H and O–H groups in total. The Morgan fingerprint density at radius 1 is 0.533 bits per heavy atom. The topological polar surface area (TPSA) is 127 Å². The van der Waals surface area contributed by atoms with Crippen LogP contribution in [0.1, 0.15) is 169 Å². The molecule has 0 saturated carbocycles. The minimum atomic E-state index is -0.789. The summed E-state index contributed by atoms with van der Waals surface area (Å²) in [4.78, 5) is 61.8. The minimum Gasteiger partial charge on any atom is -0.461 e. The number of nitrogens with zero attached hydrogens (tertiary/aromatic N) is 4. The van der Waals surface area contributed by atoms with Gasteiger partial charge in [0.05, 0.1) is 23.9 Å². The molecule has 3 aromatic rings. The minimum absolute atomic E-state index is 0.0649. The maximum absolute atomic E-state index is 13.7. The molecule has 3 fully saturated rings. The Hall–Kier alpha value is -4.66. The predicted molar refractivity (Wildman–Crippen MR) is 295 cm³/mol. The first-order chi connectivity index (χ1) is 36.7. The quantitative estimate of drug-likeness (QED) is 0.0358. The van der Waals surface area contributed by atoms with E-state index in [0.717, 1.165) is 129 Å². The predicted octanol–water partition coefficient (Wildman–Crippen LogP) is 11.3. The monoisotopic (exact) mass is 1040 g/mol. The van der Waals surface area contributed by atoms with E-state index in [1.807, 2.05) is 68.4 Å². The number of hydrogen-bond acceptors (Lipinski definition) is 12. The molecule has 0 aromatic heterocycles. The van der Waals surface area contributed by atoms with Crippen LogP contribution in [-0.4, -0.2) is 141 Å². The second-order valence-electron chi connectivity index (χ2n) is 21.4. The van der Waals surface area contributed by atoms with E-state index < -0.39 is 30.4 Å². The summed E-state index contributed by atoms with van der Waals surface area (Å²) in [7, 11) is 0. The summed E-state index contributed by atoms with van der Waals surface area (Å²) in [5.74, 6) is -0.779. The van der Waals surface area contributed by atoms with Crippen molar-refractivity contribution in [3.8, 4) is 0 Å². The SMILES string of the molecule is C[C@@H]1C(COC(=O)c2ccccc2)O[C@@H](OCCCCCCCCCC(=O)N2CCCN(CCCCCCCCCCCC(=O)OCc3ccccc3)CCN3CCCN(CC2)C3)C(OC(=O)c2ccccc2)[C@H]1C. The van der Waals surface area contributed by atoms with E-state index in [4.69, 9.17) is 23.7 Å². The lowest BCUT2D eigenvalue weighted by molar-refractivity contribution is -0.274. The number of rotatable bonds is 30. The zero-order valence-corrected chi connectivity index (χ0v) is 45.8. The molecule has 6 rings (SSSR count). The van der Waals surface area contributed by atoms with Crippen molar-refractivity contribution in [1.29, 1.82) is 0 Å². The normalized spacial score (nSPS) is 22.6. The number of benzene rings is 3. The standard InChI is InChI=1S/C62H92N4O9/c1-51-52(2)59(75-61(70)55-34-22-17-23-35-55)62(74-56(51)49-73-60(69)54-32-20-16-21-33-54)71-47-27-14-10-6-7-11-24-36-57(67)66-42-29-39-63(43-44-64-40-28-41-65(50-64)45-46-66)38-26-13-9-5-3-4-8-12-25-37-58(68)72-48-53-30-18-15-19-31-53/h15-23,30-35,51-52,56,59,62H,3-14,24-29,36-50H2,1-2H3/t51-,52-,56?,59?,62+/m0/s1. The highest BCUT2D eigenvalue weighted by molar-refractivity contribution is 5.90. The molecule has 3 heterocycles. The number of hydrogen-bond donors (Lipinski definition) is 0. The molecular formula is C62H92N4O9. The zero-order chi connectivity index (χ0) is 52.7. The van der Waals surface area contributed by atoms with Gasteiger partial charge in [-0.3, -0.25) is 19.4 Å². The summed E-state index contributed by atoms with van der Waals surface area (Å²) >= 11 is 0. The highest BCUT2D eigenvalue weighted by Crippen LogP contribution is 2.34. The fourth-order valence-electron chi connectivity index (χ4n) is 10.6. The largest absolute Gasteiger partial charge is 0.461 e. The smallest absolute Gasteiger partial charge is 0.338 e. The fourth-order valence-corrected chi connectivity index (χ4v) is 10.6. The van der Waals surface area contributed by atoms with Crippen molar-refractivity contribution in [2.75, 3.05) is 78.8 Å². The first kappa shape index (κ1) is 59.6. The zero-order valence-electron chi connectivity index (χ0n) is 45.8. The van der Waals surface area contributed by atoms with Crippen LogP contribution in [0.4, 0.5) is 0 Å². The average Bonchev–Trinajstić information content (AvgIpc) is 3.44. The van der Waals surface area contributed by atoms with Crippen molar-refractivity contribution in [3.63, 3.8) is 0 Å². The molecule has 13 heteroatoms. The first-order valence-electron chi connectivity index (χ1n) is 29.1. The molecule has 414 valence electrons. The van der Waals surface area contributed by atoms with Crippen LogP contribution in [0.5, 0.6) is 0 Å². The molecule has 3 aliphatic heterocycles. The fraction of sp³-hybridized carbons (Fsp3) is 0.645. The van der Waals surface area contributed by atoms with Crippen molar-refractivity contribution in [2.45, 2.75) is 167 Å². The summed E-state index contributed by atoms with van der Waals surface area (Å²) in [5.41, 5.74) is 1.99. The van der Waals surface area contributed by atoms with Gasteiger partial charge >= 0.3 is 17.9 Å². The van der Waals surface area contributed by atoms with Crippen LogP contribution < -0.4 is 0 Å². The number of fused-ring (bicyclic) bond motifs is 2. The van der Waals surface area contributed by atoms with Crippen molar-refractivity contribution < 1.29 is 42.9 Å². The first-order valence-corrected chi connectivity index (χ1v) is 29.1. The molecule has 13 nitrogen and oxygen atoms in total. The number of unbranched alkanes of at least 4 members (excludes halogenated alkanes) is 14. The Morgan fingerprint density at radius 3 is 1.73 bits per heavy atom. The van der Waals surface area contributed by atoms with Gasteiger partial charge < -0.3 is 33.5 Å². The van der Waals surface area contributed by atoms with Gasteiger partial charge in [0, 0.05) is 71.2 Å². The molecule has 0 aliphatic carbocycles. The lowest BCUT2D eigenvalue weighted by atomic mass is 9.83. The van der Waals surface area contributed by atoms with Gasteiger partial charge in [0.1, 0.15) is 13.2 Å². The highest BCUT2D eigenvalue weighted by Gasteiger charge is 2.45. The average molecular weight is 1040 g/mol. The molecule has 3 aromatic carbocycles. The summed E-state index contributed by atoms with van der Waals surface area (Å²) in [5, 5.41) is 0. The number of carbonyl (C=O) groups is 4. The third-order valence-electron chi connectivity index (χ3n) is 15.6. The van der Waals surface area contributed by atoms with Crippen molar-refractivity contribution in [2.24, 2.45) is 11.8 Å². The maximum Gasteiger partial charge on any atom is 0.338 e. The summed E-state index contributed by atoms with van der Waals surface area (Å²) < 4.78 is 29.9. The van der Waals surface area contributed by atoms with Gasteiger partial charge in [-0.2, -0.15) is 0 Å². The van der Waals surface area contributed by atoms with Crippen LogP contribution in [0.3, 0.4) is 0 Å². The van der Waals surface area contributed by atoms with Gasteiger partial charge in [0.25, 0.3) is 0 Å². The molecule has 3 saturated heterocycles. The van der Waals surface area contributed by atoms with E-state index in [1.54, 1.807) is 36.4 Å². The Labute approximate surface area is 450 Å². The number of esters is 3. The lowest BCUT2D eigenvalue weighted by Gasteiger charge is -2.43. The van der Waals surface area contributed by atoms with Gasteiger partial charge in [-0.25, -0.2) is 9.59 Å². The van der Waals surface area contributed by atoms with Crippen LogP contribution in [0.15, 0.2) is 91.0 Å². The Morgan fingerprint density at radius 2 is 1.08 bits per heavy atom. The van der Waals surface area contributed by atoms with E-state index in [2.05, 4.69) is 19.6 Å². The van der Waals surface area contributed by atoms with Crippen molar-refractivity contribution in [1.82, 2.24) is 19.6 Å². The van der Waals surface area contributed by atoms with Gasteiger partial charge in [-0.1, -0.05) is 158 Å². The molecule has 2 bridgehead atoms. The lowest BCUT2D eigenvalue weighted by Crippen LogP contribution is -2.53. The van der Waals surface area contributed by atoms with Gasteiger partial charge in [-0.05, 0) is 87.4 Å². The van der Waals surface area contributed by atoms with E-state index in [0.29, 0.717) is 43.1 Å². The van der Waals surface area contributed by atoms with E-state index in [9.17, 15) is 19.2 Å². The highest BCUT2D eigenvalue weighted by atomic mass is 16.7. The molecule has 3 aliphatic rings. The molecule has 0 radical (unpaired) electrons. The van der Waals surface area contributed by atoms with Gasteiger partial charge in [0.2, 0.25) is 5.91 Å². The second-order valence-corrected chi connectivity index (χ2v) is 21.4. The van der Waals surface area contributed by atoms with E-state index in [1.165, 1.54) is 57.9 Å². The maximum atomic E-state index is 13.7. The van der Waals surface area contributed by atoms with Crippen molar-refractivity contribution >= 4 is 23.8 Å². The third-order valence-corrected chi connectivity index (χ3v) is 15.6. The van der Waals surface area contributed by atoms with Crippen LogP contribution >= 0.6 is 0 Å². The summed E-state index contributed by atoms with van der Waals surface area (Å²) in [6, 6.07) is 27.8. The van der Waals surface area contributed by atoms with Crippen LogP contribution in [0, 0.1) is 11.8 Å². The van der Waals surface area contributed by atoms with E-state index >= 15 is 0 Å². The molecule has 75 heavy (non-hydrogen) atoms. The number of amides is 1. The van der Waals surface area contributed by atoms with Gasteiger partial charge in [-0.15, -0.1) is 0 Å². The molecule has 0 spiro atoms. The van der Waals surface area contributed by atoms with Crippen LogP contribution in [0.25, 0.3) is 0 Å². The van der Waals surface area contributed by atoms with Gasteiger partial charge in [0.15, 0.2) is 12.4 Å². The van der Waals surface area contributed by atoms with E-state index in [-0.39, 0.29) is 24.4 Å². The molecule has 7 atom stereocenters.